The molecule has 28 heavy (non-hydrogen) atoms. The van der Waals surface area contributed by atoms with E-state index < -0.39 is 42.5 Å². The van der Waals surface area contributed by atoms with Gasteiger partial charge in [-0.1, -0.05) is 36.4 Å². The molecule has 0 saturated carbocycles. The number of carbonyl (C=O) groups is 2. The summed E-state index contributed by atoms with van der Waals surface area (Å²) >= 11 is 0. The molecule has 3 rings (SSSR count). The average molecular weight is 384 g/mol. The Morgan fingerprint density at radius 2 is 1.43 bits per heavy atom. The van der Waals surface area contributed by atoms with Gasteiger partial charge < -0.3 is 24.8 Å². The molecular weight excluding hydrogens is 364 g/mol. The van der Waals surface area contributed by atoms with Crippen LogP contribution < -0.4 is 0 Å². The summed E-state index contributed by atoms with van der Waals surface area (Å²) in [6.07, 6.45) is -2.07. The second-order valence-corrected chi connectivity index (χ2v) is 6.46. The van der Waals surface area contributed by atoms with Crippen molar-refractivity contribution in [3.05, 3.63) is 83.9 Å². The van der Waals surface area contributed by atoms with Gasteiger partial charge in [-0.05, 0) is 36.4 Å². The molecule has 0 fully saturated rings. The Labute approximate surface area is 161 Å². The van der Waals surface area contributed by atoms with E-state index in [1.807, 2.05) is 0 Å². The van der Waals surface area contributed by atoms with Crippen LogP contribution in [0.25, 0.3) is 0 Å². The lowest BCUT2D eigenvalue weighted by molar-refractivity contribution is -0.150. The third-order valence-corrected chi connectivity index (χ3v) is 4.44. The number of aliphatic hydroxyl groups is 3. The monoisotopic (exact) mass is 384 g/mol. The van der Waals surface area contributed by atoms with Crippen molar-refractivity contribution in [1.29, 1.82) is 0 Å². The van der Waals surface area contributed by atoms with Crippen LogP contribution in [0.4, 0.5) is 0 Å². The van der Waals surface area contributed by atoms with E-state index in [9.17, 15) is 24.9 Å². The lowest BCUT2D eigenvalue weighted by Crippen LogP contribution is -2.57. The molecule has 146 valence electrons. The summed E-state index contributed by atoms with van der Waals surface area (Å²) < 4.78 is 10.2. The van der Waals surface area contributed by atoms with E-state index in [0.717, 1.165) is 6.08 Å². The summed E-state index contributed by atoms with van der Waals surface area (Å²) in [6.45, 7) is -0.575. The molecule has 0 radical (unpaired) electrons. The number of aliphatic hydroxyl groups excluding tert-OH is 2. The molecule has 0 amide bonds. The van der Waals surface area contributed by atoms with Crippen LogP contribution in [0, 0.1) is 0 Å². The van der Waals surface area contributed by atoms with E-state index in [2.05, 4.69) is 0 Å². The zero-order valence-electron chi connectivity index (χ0n) is 14.8. The zero-order valence-corrected chi connectivity index (χ0v) is 14.8. The quantitative estimate of drug-likeness (QED) is 0.522. The number of rotatable bonds is 5. The molecule has 0 aliphatic heterocycles. The molecule has 4 unspecified atom stereocenters. The molecule has 0 bridgehead atoms. The lowest BCUT2D eigenvalue weighted by Gasteiger charge is -2.38. The van der Waals surface area contributed by atoms with Crippen LogP contribution in [0.1, 0.15) is 20.7 Å². The van der Waals surface area contributed by atoms with Crippen LogP contribution in [-0.4, -0.2) is 57.8 Å². The molecule has 0 aromatic heterocycles. The van der Waals surface area contributed by atoms with E-state index in [1.165, 1.54) is 6.08 Å². The largest absolute Gasteiger partial charge is 0.459 e. The van der Waals surface area contributed by atoms with E-state index in [-0.39, 0.29) is 11.1 Å². The number of ether oxygens (including phenoxy) is 2. The number of carbonyl (C=O) groups excluding carboxylic acids is 2. The van der Waals surface area contributed by atoms with Crippen molar-refractivity contribution in [1.82, 2.24) is 0 Å². The molecule has 2 aromatic carbocycles. The van der Waals surface area contributed by atoms with Crippen molar-refractivity contribution in [3.8, 4) is 0 Å². The van der Waals surface area contributed by atoms with E-state index in [0.29, 0.717) is 0 Å². The van der Waals surface area contributed by atoms with Gasteiger partial charge in [-0.3, -0.25) is 0 Å². The minimum Gasteiger partial charge on any atom is -0.459 e. The molecule has 1 aliphatic rings. The second kappa shape index (κ2) is 8.35. The molecular formula is C21H20O7. The van der Waals surface area contributed by atoms with Crippen LogP contribution in [0.15, 0.2) is 72.8 Å². The molecule has 0 saturated heterocycles. The fraction of sp³-hybridized carbons (Fsp3) is 0.238. The smallest absolute Gasteiger partial charge is 0.338 e. The van der Waals surface area contributed by atoms with E-state index >= 15 is 0 Å². The maximum absolute atomic E-state index is 12.1. The number of hydrogen-bond acceptors (Lipinski definition) is 7. The Balaban J connectivity index is 1.65. The van der Waals surface area contributed by atoms with Crippen molar-refractivity contribution in [3.63, 3.8) is 0 Å². The third kappa shape index (κ3) is 4.28. The Morgan fingerprint density at radius 1 is 0.893 bits per heavy atom. The normalized spacial score (nSPS) is 26.5. The molecule has 0 heterocycles. The Bertz CT molecular complexity index is 850. The first-order valence-corrected chi connectivity index (χ1v) is 8.67. The van der Waals surface area contributed by atoms with Crippen molar-refractivity contribution < 1.29 is 34.4 Å². The van der Waals surface area contributed by atoms with Gasteiger partial charge in [-0.2, -0.15) is 0 Å². The molecule has 3 N–H and O–H groups in total. The summed E-state index contributed by atoms with van der Waals surface area (Å²) in [5, 5.41) is 31.1. The molecule has 0 spiro atoms. The Kier molecular flexibility index (Phi) is 5.89. The summed E-state index contributed by atoms with van der Waals surface area (Å²) in [4.78, 5) is 24.1. The van der Waals surface area contributed by atoms with Gasteiger partial charge in [-0.25, -0.2) is 9.59 Å². The van der Waals surface area contributed by atoms with E-state index in [1.54, 1.807) is 60.7 Å². The minimum atomic E-state index is -2.01. The van der Waals surface area contributed by atoms with Crippen LogP contribution in [0.5, 0.6) is 0 Å². The molecule has 7 heteroatoms. The minimum absolute atomic E-state index is 0.287. The zero-order chi connectivity index (χ0) is 20.1. The summed E-state index contributed by atoms with van der Waals surface area (Å²) in [5.74, 6) is -1.36. The third-order valence-electron chi connectivity index (χ3n) is 4.44. The first-order chi connectivity index (χ1) is 13.4. The first kappa shape index (κ1) is 19.8. The summed E-state index contributed by atoms with van der Waals surface area (Å²) in [6, 6.07) is 16.3. The Hall–Kier alpha value is -3.00. The lowest BCUT2D eigenvalue weighted by atomic mass is 9.85. The topological polar surface area (TPSA) is 113 Å². The van der Waals surface area contributed by atoms with Crippen molar-refractivity contribution >= 4 is 11.9 Å². The van der Waals surface area contributed by atoms with Crippen LogP contribution in [0.3, 0.4) is 0 Å². The van der Waals surface area contributed by atoms with Crippen LogP contribution in [-0.2, 0) is 9.47 Å². The van der Waals surface area contributed by atoms with E-state index in [4.69, 9.17) is 9.47 Å². The highest BCUT2D eigenvalue weighted by Gasteiger charge is 2.46. The molecule has 4 atom stereocenters. The predicted octanol–water partition coefficient (Wildman–Crippen LogP) is 1.09. The second-order valence-electron chi connectivity index (χ2n) is 6.46. The molecule has 1 aliphatic carbocycles. The van der Waals surface area contributed by atoms with Gasteiger partial charge in [0.2, 0.25) is 0 Å². The maximum atomic E-state index is 12.1. The number of esters is 2. The van der Waals surface area contributed by atoms with Gasteiger partial charge in [0.1, 0.15) is 30.5 Å². The van der Waals surface area contributed by atoms with Crippen molar-refractivity contribution in [2.45, 2.75) is 23.9 Å². The highest BCUT2D eigenvalue weighted by Crippen LogP contribution is 2.26. The first-order valence-electron chi connectivity index (χ1n) is 8.67. The molecule has 7 nitrogen and oxygen atoms in total. The predicted molar refractivity (Wildman–Crippen MR) is 98.5 cm³/mol. The SMILES string of the molecule is O=C(OCC1(O)C=CC(OC(=O)c2ccccc2)C(O)C1O)c1ccccc1. The Morgan fingerprint density at radius 3 is 2.00 bits per heavy atom. The highest BCUT2D eigenvalue weighted by molar-refractivity contribution is 5.90. The highest BCUT2D eigenvalue weighted by atomic mass is 16.6. The fourth-order valence-electron chi connectivity index (χ4n) is 2.80. The van der Waals surface area contributed by atoms with Gasteiger partial charge in [-0.15, -0.1) is 0 Å². The fourth-order valence-corrected chi connectivity index (χ4v) is 2.80. The number of hydrogen-bond donors (Lipinski definition) is 3. The van der Waals surface area contributed by atoms with Crippen LogP contribution in [0.2, 0.25) is 0 Å². The van der Waals surface area contributed by atoms with Crippen molar-refractivity contribution in [2.24, 2.45) is 0 Å². The maximum Gasteiger partial charge on any atom is 0.338 e. The average Bonchev–Trinajstić information content (AvgIpc) is 2.74. The van der Waals surface area contributed by atoms with Gasteiger partial charge >= 0.3 is 11.9 Å². The summed E-state index contributed by atoms with van der Waals surface area (Å²) in [5.41, 5.74) is -1.44. The van der Waals surface area contributed by atoms with Gasteiger partial charge in [0.05, 0.1) is 11.1 Å². The van der Waals surface area contributed by atoms with Crippen molar-refractivity contribution in [2.75, 3.05) is 6.61 Å². The van der Waals surface area contributed by atoms with Gasteiger partial charge in [0, 0.05) is 0 Å². The van der Waals surface area contributed by atoms with Gasteiger partial charge in [0.25, 0.3) is 0 Å². The van der Waals surface area contributed by atoms with Crippen LogP contribution >= 0.6 is 0 Å². The standard InChI is InChI=1S/C21H20O7/c22-17-16(28-20(25)15-9-5-2-6-10-15)11-12-21(26,18(17)23)13-27-19(24)14-7-3-1-4-8-14/h1-12,16-18,22-23,26H,13H2. The molecule has 2 aromatic rings. The van der Waals surface area contributed by atoms with Gasteiger partial charge in [0.15, 0.2) is 0 Å². The number of benzene rings is 2. The summed E-state index contributed by atoms with van der Waals surface area (Å²) in [7, 11) is 0.